The maximum Gasteiger partial charge on any atom is 0.260 e. The van der Waals surface area contributed by atoms with Crippen LogP contribution in [-0.4, -0.2) is 49.3 Å². The summed E-state index contributed by atoms with van der Waals surface area (Å²) in [5, 5.41) is 2.02. The molecule has 1 fully saturated rings. The summed E-state index contributed by atoms with van der Waals surface area (Å²) in [5.74, 6) is 0.405. The van der Waals surface area contributed by atoms with E-state index >= 15 is 0 Å². The molecule has 0 radical (unpaired) electrons. The van der Waals surface area contributed by atoms with Gasteiger partial charge in [-0.2, -0.15) is 0 Å². The lowest BCUT2D eigenvalue weighted by atomic mass is 9.92. The van der Waals surface area contributed by atoms with E-state index in [0.29, 0.717) is 39.4 Å². The van der Waals surface area contributed by atoms with Gasteiger partial charge in [-0.25, -0.2) is 9.97 Å². The van der Waals surface area contributed by atoms with Gasteiger partial charge in [-0.1, -0.05) is 41.6 Å². The highest BCUT2D eigenvalue weighted by Gasteiger charge is 2.28. The molecule has 198 valence electrons. The van der Waals surface area contributed by atoms with Gasteiger partial charge in [0.2, 0.25) is 0 Å². The molecule has 1 saturated heterocycles. The minimum Gasteiger partial charge on any atom is -0.298 e. The van der Waals surface area contributed by atoms with E-state index in [2.05, 4.69) is 35.6 Å². The monoisotopic (exact) mass is 547 g/mol. The van der Waals surface area contributed by atoms with Crippen LogP contribution in [0.1, 0.15) is 39.3 Å². The van der Waals surface area contributed by atoms with E-state index in [0.717, 1.165) is 48.3 Å². The van der Waals surface area contributed by atoms with Crippen LogP contribution >= 0.6 is 23.4 Å². The third-order valence-electron chi connectivity index (χ3n) is 7.43. The molecule has 0 aliphatic carbocycles. The van der Waals surface area contributed by atoms with E-state index in [1.165, 1.54) is 11.8 Å². The molecule has 0 bridgehead atoms. The molecule has 1 aromatic carbocycles. The second-order valence-electron chi connectivity index (χ2n) is 11.1. The fraction of sp³-hybridized carbons (Fsp3) is 0.400. The van der Waals surface area contributed by atoms with Crippen LogP contribution in [0.25, 0.3) is 33.4 Å². The number of likely N-dealkylation sites (tertiary alicyclic amines) is 1. The molecular formula is C30H34ClN5OS. The standard InChI is InChI=1S/C30H34ClN5OS/c1-19-7-6-8-26(33-19)21-9-10-23(25(31)16-21)24-15-22-17-32-29(38-5)34-27(22)36(28(24)37)18-20-11-13-35(14-12-20)30(2,3)4/h6-10,15-17,20H,11-14,18H2,1-5H3. The van der Waals surface area contributed by atoms with Crippen molar-refractivity contribution < 1.29 is 0 Å². The van der Waals surface area contributed by atoms with Crippen molar-refractivity contribution in [1.82, 2.24) is 24.4 Å². The maximum absolute atomic E-state index is 14.0. The Hall–Kier alpha value is -2.74. The molecule has 4 heterocycles. The molecule has 5 rings (SSSR count). The lowest BCUT2D eigenvalue weighted by Gasteiger charge is -2.41. The summed E-state index contributed by atoms with van der Waals surface area (Å²) in [4.78, 5) is 30.4. The average Bonchev–Trinajstić information content (AvgIpc) is 2.90. The zero-order valence-corrected chi connectivity index (χ0v) is 24.2. The van der Waals surface area contributed by atoms with Gasteiger partial charge in [0.05, 0.1) is 5.69 Å². The van der Waals surface area contributed by atoms with Gasteiger partial charge >= 0.3 is 0 Å². The highest BCUT2D eigenvalue weighted by atomic mass is 35.5. The second-order valence-corrected chi connectivity index (χ2v) is 12.3. The van der Waals surface area contributed by atoms with Crippen molar-refractivity contribution in [3.63, 3.8) is 0 Å². The zero-order chi connectivity index (χ0) is 27.0. The number of fused-ring (bicyclic) bond motifs is 1. The van der Waals surface area contributed by atoms with Crippen molar-refractivity contribution in [2.24, 2.45) is 5.92 Å². The molecule has 38 heavy (non-hydrogen) atoms. The number of hydrogen-bond acceptors (Lipinski definition) is 6. The number of rotatable bonds is 5. The minimum absolute atomic E-state index is 0.0650. The van der Waals surface area contributed by atoms with Crippen molar-refractivity contribution in [2.45, 2.75) is 57.8 Å². The smallest absolute Gasteiger partial charge is 0.260 e. The number of pyridine rings is 2. The largest absolute Gasteiger partial charge is 0.298 e. The number of aromatic nitrogens is 4. The van der Waals surface area contributed by atoms with E-state index in [1.54, 1.807) is 0 Å². The second kappa shape index (κ2) is 10.8. The third kappa shape index (κ3) is 5.51. The molecule has 0 atom stereocenters. The van der Waals surface area contributed by atoms with E-state index in [4.69, 9.17) is 16.6 Å². The van der Waals surface area contributed by atoms with Gasteiger partial charge in [-0.05, 0) is 90.1 Å². The minimum atomic E-state index is -0.0650. The summed E-state index contributed by atoms with van der Waals surface area (Å²) in [6, 6.07) is 13.6. The first kappa shape index (κ1) is 26.9. The van der Waals surface area contributed by atoms with Crippen LogP contribution in [0.5, 0.6) is 0 Å². The first-order valence-corrected chi connectivity index (χ1v) is 14.7. The Labute approximate surface area is 233 Å². The first-order valence-electron chi connectivity index (χ1n) is 13.1. The topological polar surface area (TPSA) is 63.9 Å². The predicted molar refractivity (Wildman–Crippen MR) is 158 cm³/mol. The average molecular weight is 548 g/mol. The van der Waals surface area contributed by atoms with Crippen LogP contribution in [0.4, 0.5) is 0 Å². The van der Waals surface area contributed by atoms with Crippen LogP contribution in [0, 0.1) is 12.8 Å². The molecule has 0 unspecified atom stereocenters. The Bertz CT molecular complexity index is 1540. The van der Waals surface area contributed by atoms with Crippen molar-refractivity contribution in [1.29, 1.82) is 0 Å². The molecule has 6 nitrogen and oxygen atoms in total. The number of benzene rings is 1. The van der Waals surface area contributed by atoms with Gasteiger partial charge in [-0.3, -0.25) is 19.2 Å². The molecule has 1 aliphatic heterocycles. The fourth-order valence-electron chi connectivity index (χ4n) is 5.25. The van der Waals surface area contributed by atoms with E-state index in [9.17, 15) is 4.79 Å². The van der Waals surface area contributed by atoms with Gasteiger partial charge in [0.15, 0.2) is 5.16 Å². The van der Waals surface area contributed by atoms with E-state index < -0.39 is 0 Å². The van der Waals surface area contributed by atoms with Gasteiger partial charge in [0.25, 0.3) is 5.56 Å². The van der Waals surface area contributed by atoms with Crippen LogP contribution in [0.2, 0.25) is 5.02 Å². The van der Waals surface area contributed by atoms with Crippen molar-refractivity contribution in [2.75, 3.05) is 19.3 Å². The molecule has 0 spiro atoms. The Morgan fingerprint density at radius 3 is 2.47 bits per heavy atom. The summed E-state index contributed by atoms with van der Waals surface area (Å²) in [5.41, 5.74) is 4.78. The molecule has 0 saturated carbocycles. The van der Waals surface area contributed by atoms with Gasteiger partial charge < -0.3 is 0 Å². The summed E-state index contributed by atoms with van der Waals surface area (Å²) >= 11 is 8.29. The Kier molecular flexibility index (Phi) is 7.63. The first-order chi connectivity index (χ1) is 18.1. The number of aryl methyl sites for hydroxylation is 1. The summed E-state index contributed by atoms with van der Waals surface area (Å²) in [6.07, 6.45) is 5.86. The lowest BCUT2D eigenvalue weighted by molar-refractivity contribution is 0.0831. The highest BCUT2D eigenvalue weighted by Crippen LogP contribution is 2.32. The van der Waals surface area contributed by atoms with Crippen molar-refractivity contribution >= 4 is 34.4 Å². The Balaban J connectivity index is 1.55. The number of thioether (sulfide) groups is 1. The molecule has 8 heteroatoms. The number of halogens is 1. The summed E-state index contributed by atoms with van der Waals surface area (Å²) < 4.78 is 1.86. The van der Waals surface area contributed by atoms with Gasteiger partial charge in [0, 0.05) is 51.1 Å². The summed E-state index contributed by atoms with van der Waals surface area (Å²) in [6.45, 7) is 11.5. The molecule has 0 N–H and O–H groups in total. The third-order valence-corrected chi connectivity index (χ3v) is 8.31. The van der Waals surface area contributed by atoms with Gasteiger partial charge in [0.1, 0.15) is 5.65 Å². The molecular weight excluding hydrogens is 514 g/mol. The summed E-state index contributed by atoms with van der Waals surface area (Å²) in [7, 11) is 0. The van der Waals surface area contributed by atoms with E-state index in [1.807, 2.05) is 66.4 Å². The van der Waals surface area contributed by atoms with Crippen LogP contribution in [0.15, 0.2) is 58.6 Å². The number of nitrogens with zero attached hydrogens (tertiary/aromatic N) is 5. The number of hydrogen-bond donors (Lipinski definition) is 0. The maximum atomic E-state index is 14.0. The molecule has 4 aromatic rings. The van der Waals surface area contributed by atoms with Crippen LogP contribution in [-0.2, 0) is 6.54 Å². The molecule has 0 amide bonds. The fourth-order valence-corrected chi connectivity index (χ4v) is 5.86. The van der Waals surface area contributed by atoms with Gasteiger partial charge in [-0.15, -0.1) is 0 Å². The molecule has 3 aromatic heterocycles. The lowest BCUT2D eigenvalue weighted by Crippen LogP contribution is -2.46. The van der Waals surface area contributed by atoms with Crippen LogP contribution in [0.3, 0.4) is 0 Å². The number of piperidine rings is 1. The van der Waals surface area contributed by atoms with Crippen LogP contribution < -0.4 is 5.56 Å². The Morgan fingerprint density at radius 2 is 1.82 bits per heavy atom. The SMILES string of the molecule is CSc1ncc2cc(-c3ccc(-c4cccc(C)n4)cc3Cl)c(=O)n(CC3CCN(C(C)(C)C)CC3)c2n1. The Morgan fingerprint density at radius 1 is 1.05 bits per heavy atom. The zero-order valence-electron chi connectivity index (χ0n) is 22.7. The van der Waals surface area contributed by atoms with E-state index in [-0.39, 0.29) is 11.1 Å². The normalized spacial score (nSPS) is 15.3. The highest BCUT2D eigenvalue weighted by molar-refractivity contribution is 7.98. The van der Waals surface area contributed by atoms with Crippen molar-refractivity contribution in [3.8, 4) is 22.4 Å². The molecule has 1 aliphatic rings. The van der Waals surface area contributed by atoms with Crippen molar-refractivity contribution in [3.05, 3.63) is 69.7 Å². The predicted octanol–water partition coefficient (Wildman–Crippen LogP) is 6.71. The quantitative estimate of drug-likeness (QED) is 0.204.